The maximum atomic E-state index is 12.1. The fourth-order valence-corrected chi connectivity index (χ4v) is 2.13. The smallest absolute Gasteiger partial charge is 0.304 e. The Balaban J connectivity index is 0.00000441. The van der Waals surface area contributed by atoms with Crippen LogP contribution in [0.15, 0.2) is 30.3 Å². The molecule has 1 rings (SSSR count). The molecule has 22 heavy (non-hydrogen) atoms. The van der Waals surface area contributed by atoms with E-state index in [2.05, 4.69) is 19.2 Å². The molecule has 0 spiro atoms. The number of nitrogens with one attached hydrogen (secondary N) is 1. The Morgan fingerprint density at radius 2 is 1.82 bits per heavy atom. The van der Waals surface area contributed by atoms with E-state index in [1.54, 1.807) is 11.9 Å². The summed E-state index contributed by atoms with van der Waals surface area (Å²) in [5.41, 5.74) is 1.08. The van der Waals surface area contributed by atoms with Crippen LogP contribution in [0.25, 0.3) is 0 Å². The summed E-state index contributed by atoms with van der Waals surface area (Å²) in [7, 11) is 1.75. The Bertz CT molecular complexity index is 466. The molecule has 0 aliphatic carbocycles. The minimum Gasteiger partial charge on any atom is -0.481 e. The third kappa shape index (κ3) is 7.43. The molecule has 1 aromatic carbocycles. The Labute approximate surface area is 138 Å². The molecule has 0 aromatic heterocycles. The molecule has 0 aliphatic rings. The summed E-state index contributed by atoms with van der Waals surface area (Å²) in [4.78, 5) is 24.3. The number of halogens is 1. The maximum absolute atomic E-state index is 12.1. The number of benzene rings is 1. The number of hydrogen-bond donors (Lipinski definition) is 2. The summed E-state index contributed by atoms with van der Waals surface area (Å²) < 4.78 is 0. The average molecular weight is 329 g/mol. The molecule has 0 fully saturated rings. The lowest BCUT2D eigenvalue weighted by atomic mass is 9.96. The van der Waals surface area contributed by atoms with E-state index < -0.39 is 5.97 Å². The standard InChI is InChI=1S/C16H24N2O3.ClH/c1-12(2)16(13-7-5-4-6-8-13)17-14(19)11-18(3)10-9-15(20)21;/h4-8,12,16H,9-11H2,1-3H3,(H,17,19)(H,20,21);1H. The van der Waals surface area contributed by atoms with Crippen LogP contribution in [0.3, 0.4) is 0 Å². The second-order valence-electron chi connectivity index (χ2n) is 5.58. The van der Waals surface area contributed by atoms with Gasteiger partial charge in [-0.1, -0.05) is 44.2 Å². The Kier molecular flexibility index (Phi) is 9.45. The third-order valence-electron chi connectivity index (χ3n) is 3.26. The molecule has 5 nitrogen and oxygen atoms in total. The number of aliphatic carboxylic acids is 1. The Morgan fingerprint density at radius 3 is 2.32 bits per heavy atom. The van der Waals surface area contributed by atoms with Crippen molar-refractivity contribution in [2.75, 3.05) is 20.1 Å². The molecule has 0 radical (unpaired) electrons. The highest BCUT2D eigenvalue weighted by atomic mass is 35.5. The van der Waals surface area contributed by atoms with Gasteiger partial charge in [0.1, 0.15) is 0 Å². The summed E-state index contributed by atoms with van der Waals surface area (Å²) in [6.07, 6.45) is 0.0378. The minimum atomic E-state index is -0.855. The van der Waals surface area contributed by atoms with E-state index in [4.69, 9.17) is 5.11 Å². The lowest BCUT2D eigenvalue weighted by Gasteiger charge is -2.24. The first-order valence-electron chi connectivity index (χ1n) is 7.14. The number of carboxylic acids is 1. The van der Waals surface area contributed by atoms with Gasteiger partial charge in [-0.2, -0.15) is 0 Å². The molecule has 1 atom stereocenters. The highest BCUT2D eigenvalue weighted by Crippen LogP contribution is 2.21. The van der Waals surface area contributed by atoms with Gasteiger partial charge in [0.2, 0.25) is 5.91 Å². The molecule has 0 heterocycles. The molecular formula is C16H25ClN2O3. The van der Waals surface area contributed by atoms with Crippen molar-refractivity contribution in [3.05, 3.63) is 35.9 Å². The Morgan fingerprint density at radius 1 is 1.23 bits per heavy atom. The van der Waals surface area contributed by atoms with Gasteiger partial charge in [0.25, 0.3) is 0 Å². The van der Waals surface area contributed by atoms with Crippen LogP contribution in [0.5, 0.6) is 0 Å². The van der Waals surface area contributed by atoms with E-state index >= 15 is 0 Å². The quantitative estimate of drug-likeness (QED) is 0.768. The van der Waals surface area contributed by atoms with E-state index in [9.17, 15) is 9.59 Å². The van der Waals surface area contributed by atoms with Crippen LogP contribution in [0.1, 0.15) is 31.9 Å². The molecule has 0 saturated carbocycles. The molecule has 0 bridgehead atoms. The predicted molar refractivity (Wildman–Crippen MR) is 89.2 cm³/mol. The van der Waals surface area contributed by atoms with E-state index in [-0.39, 0.29) is 43.2 Å². The van der Waals surface area contributed by atoms with Gasteiger partial charge in [0, 0.05) is 6.54 Å². The first kappa shape index (κ1) is 20.4. The fourth-order valence-electron chi connectivity index (χ4n) is 2.13. The van der Waals surface area contributed by atoms with Crippen LogP contribution in [0, 0.1) is 5.92 Å². The van der Waals surface area contributed by atoms with Crippen molar-refractivity contribution in [2.45, 2.75) is 26.3 Å². The topological polar surface area (TPSA) is 69.6 Å². The fraction of sp³-hybridized carbons (Fsp3) is 0.500. The summed E-state index contributed by atoms with van der Waals surface area (Å²) in [5.74, 6) is -0.669. The van der Waals surface area contributed by atoms with E-state index in [0.717, 1.165) is 5.56 Å². The Hall–Kier alpha value is -1.59. The molecule has 1 amide bonds. The molecule has 2 N–H and O–H groups in total. The first-order valence-corrected chi connectivity index (χ1v) is 7.14. The van der Waals surface area contributed by atoms with E-state index in [1.807, 2.05) is 30.3 Å². The van der Waals surface area contributed by atoms with Crippen molar-refractivity contribution in [1.82, 2.24) is 10.2 Å². The summed E-state index contributed by atoms with van der Waals surface area (Å²) in [5, 5.41) is 11.7. The van der Waals surface area contributed by atoms with Crippen molar-refractivity contribution in [3.8, 4) is 0 Å². The zero-order chi connectivity index (χ0) is 15.8. The largest absolute Gasteiger partial charge is 0.481 e. The number of hydrogen-bond acceptors (Lipinski definition) is 3. The molecule has 1 aromatic rings. The van der Waals surface area contributed by atoms with Crippen molar-refractivity contribution >= 4 is 24.3 Å². The minimum absolute atomic E-state index is 0. The summed E-state index contributed by atoms with van der Waals surface area (Å²) >= 11 is 0. The second-order valence-corrected chi connectivity index (χ2v) is 5.58. The van der Waals surface area contributed by atoms with Crippen molar-refractivity contribution in [3.63, 3.8) is 0 Å². The van der Waals surface area contributed by atoms with Gasteiger partial charge in [-0.05, 0) is 18.5 Å². The number of likely N-dealkylation sites (N-methyl/N-ethyl adjacent to an activating group) is 1. The maximum Gasteiger partial charge on any atom is 0.304 e. The molecule has 0 saturated heterocycles. The van der Waals surface area contributed by atoms with Gasteiger partial charge >= 0.3 is 5.97 Å². The number of carbonyl (C=O) groups is 2. The van der Waals surface area contributed by atoms with Crippen LogP contribution in [0.2, 0.25) is 0 Å². The van der Waals surface area contributed by atoms with Crippen LogP contribution >= 0.6 is 12.4 Å². The lowest BCUT2D eigenvalue weighted by molar-refractivity contribution is -0.137. The van der Waals surface area contributed by atoms with Crippen LogP contribution in [-0.4, -0.2) is 42.0 Å². The average Bonchev–Trinajstić information content (AvgIpc) is 2.43. The first-order chi connectivity index (χ1) is 9.90. The molecule has 124 valence electrons. The SMILES string of the molecule is CC(C)C(NC(=O)CN(C)CCC(=O)O)c1ccccc1.Cl. The molecule has 0 aliphatic heterocycles. The van der Waals surface area contributed by atoms with Crippen LogP contribution in [-0.2, 0) is 9.59 Å². The highest BCUT2D eigenvalue weighted by molar-refractivity contribution is 5.85. The van der Waals surface area contributed by atoms with Crippen LogP contribution in [0.4, 0.5) is 0 Å². The number of rotatable bonds is 8. The van der Waals surface area contributed by atoms with Crippen LogP contribution < -0.4 is 5.32 Å². The number of amides is 1. The second kappa shape index (κ2) is 10.2. The normalized spacial score (nSPS) is 11.9. The van der Waals surface area contributed by atoms with Crippen molar-refractivity contribution < 1.29 is 14.7 Å². The summed E-state index contributed by atoms with van der Waals surface area (Å²) in [6, 6.07) is 9.82. The third-order valence-corrected chi connectivity index (χ3v) is 3.26. The zero-order valence-corrected chi connectivity index (χ0v) is 14.1. The van der Waals surface area contributed by atoms with Gasteiger partial charge in [-0.25, -0.2) is 0 Å². The molecular weight excluding hydrogens is 304 g/mol. The van der Waals surface area contributed by atoms with Gasteiger partial charge in [-0.15, -0.1) is 12.4 Å². The highest BCUT2D eigenvalue weighted by Gasteiger charge is 2.18. The van der Waals surface area contributed by atoms with Gasteiger partial charge in [0.05, 0.1) is 19.0 Å². The zero-order valence-electron chi connectivity index (χ0n) is 13.3. The lowest BCUT2D eigenvalue weighted by Crippen LogP contribution is -2.39. The predicted octanol–water partition coefficient (Wildman–Crippen LogP) is 2.33. The molecule has 1 unspecified atom stereocenters. The van der Waals surface area contributed by atoms with Gasteiger partial charge in [-0.3, -0.25) is 14.5 Å². The van der Waals surface area contributed by atoms with Crippen molar-refractivity contribution in [2.24, 2.45) is 5.92 Å². The number of carbonyl (C=O) groups excluding carboxylic acids is 1. The van der Waals surface area contributed by atoms with Crippen molar-refractivity contribution in [1.29, 1.82) is 0 Å². The number of nitrogens with zero attached hydrogens (tertiary/aromatic N) is 1. The monoisotopic (exact) mass is 328 g/mol. The summed E-state index contributed by atoms with van der Waals surface area (Å²) in [6.45, 7) is 4.68. The van der Waals surface area contributed by atoms with E-state index in [0.29, 0.717) is 6.54 Å². The van der Waals surface area contributed by atoms with E-state index in [1.165, 1.54) is 0 Å². The van der Waals surface area contributed by atoms with Gasteiger partial charge < -0.3 is 10.4 Å². The molecule has 6 heteroatoms. The number of carboxylic acid groups (broad SMARTS) is 1. The van der Waals surface area contributed by atoms with Gasteiger partial charge in [0.15, 0.2) is 0 Å².